The van der Waals surface area contributed by atoms with Crippen molar-refractivity contribution in [2.45, 2.75) is 6.92 Å². The van der Waals surface area contributed by atoms with Crippen LogP contribution in [-0.4, -0.2) is 24.5 Å². The second-order valence-corrected chi connectivity index (χ2v) is 3.35. The lowest BCUT2D eigenvalue weighted by atomic mass is 9.98. The molecule has 0 aromatic heterocycles. The molecule has 0 fully saturated rings. The first kappa shape index (κ1) is 10.5. The third-order valence-electron chi connectivity index (χ3n) is 2.29. The molecular formula is C12H12N2O2. The van der Waals surface area contributed by atoms with Crippen molar-refractivity contribution in [3.8, 4) is 0 Å². The van der Waals surface area contributed by atoms with Crippen molar-refractivity contribution >= 4 is 17.9 Å². The normalized spacial score (nSPS) is 18.3. The zero-order valence-corrected chi connectivity index (χ0v) is 8.96. The first-order chi connectivity index (χ1) is 7.83. The Bertz CT molecular complexity index is 438. The summed E-state index contributed by atoms with van der Waals surface area (Å²) in [6.45, 7) is 2.15. The molecule has 0 spiro atoms. The van der Waals surface area contributed by atoms with E-state index in [-0.39, 0.29) is 5.97 Å². The van der Waals surface area contributed by atoms with E-state index < -0.39 is 5.92 Å². The van der Waals surface area contributed by atoms with E-state index in [1.54, 1.807) is 6.92 Å². The van der Waals surface area contributed by atoms with Gasteiger partial charge in [-0.3, -0.25) is 4.79 Å². The number of hydrogen-bond acceptors (Lipinski definition) is 4. The van der Waals surface area contributed by atoms with E-state index in [9.17, 15) is 4.79 Å². The Morgan fingerprint density at radius 2 is 2.12 bits per heavy atom. The number of nitrogens with zero attached hydrogens (tertiary/aromatic N) is 2. The predicted octanol–water partition coefficient (Wildman–Crippen LogP) is 1.65. The third kappa shape index (κ3) is 2.00. The standard InChI is InChI=1S/C12H12N2O2/c1-2-16-12(15)10-8-13-14-11(10)9-6-4-3-5-7-9/h3-8,10H,2H2,1H3/t10-/m0/s1. The lowest BCUT2D eigenvalue weighted by molar-refractivity contribution is -0.143. The van der Waals surface area contributed by atoms with Crippen molar-refractivity contribution in [2.75, 3.05) is 6.61 Å². The number of carbonyl (C=O) groups excluding carboxylic acids is 1. The SMILES string of the molecule is CCOC(=O)[C@H]1C=NN=C1c1ccccc1. The molecule has 0 saturated heterocycles. The average molecular weight is 216 g/mol. The van der Waals surface area contributed by atoms with Gasteiger partial charge in [0.05, 0.1) is 12.3 Å². The van der Waals surface area contributed by atoms with Gasteiger partial charge >= 0.3 is 5.97 Å². The van der Waals surface area contributed by atoms with Crippen LogP contribution in [0.25, 0.3) is 0 Å². The van der Waals surface area contributed by atoms with Crippen molar-refractivity contribution in [3.63, 3.8) is 0 Å². The van der Waals surface area contributed by atoms with E-state index in [1.807, 2.05) is 30.3 Å². The van der Waals surface area contributed by atoms with Gasteiger partial charge in [-0.1, -0.05) is 30.3 Å². The molecule has 2 rings (SSSR count). The lowest BCUT2D eigenvalue weighted by Crippen LogP contribution is -2.25. The van der Waals surface area contributed by atoms with Crippen molar-refractivity contribution in [2.24, 2.45) is 16.1 Å². The van der Waals surface area contributed by atoms with Crippen LogP contribution in [0.3, 0.4) is 0 Å². The molecule has 4 heteroatoms. The van der Waals surface area contributed by atoms with Crippen LogP contribution in [0.15, 0.2) is 40.5 Å². The zero-order valence-electron chi connectivity index (χ0n) is 8.96. The summed E-state index contributed by atoms with van der Waals surface area (Å²) in [7, 11) is 0. The molecule has 1 aliphatic rings. The first-order valence-electron chi connectivity index (χ1n) is 5.16. The molecule has 0 aliphatic carbocycles. The molecule has 0 saturated carbocycles. The fourth-order valence-electron chi connectivity index (χ4n) is 1.55. The number of benzene rings is 1. The summed E-state index contributed by atoms with van der Waals surface area (Å²) in [5.41, 5.74) is 1.55. The highest BCUT2D eigenvalue weighted by atomic mass is 16.5. The minimum absolute atomic E-state index is 0.300. The maximum absolute atomic E-state index is 11.6. The Hall–Kier alpha value is -1.97. The summed E-state index contributed by atoms with van der Waals surface area (Å²) in [5.74, 6) is -0.770. The lowest BCUT2D eigenvalue weighted by Gasteiger charge is -2.09. The van der Waals surface area contributed by atoms with E-state index in [0.29, 0.717) is 12.3 Å². The van der Waals surface area contributed by atoms with Gasteiger partial charge in [0.15, 0.2) is 0 Å². The number of carbonyl (C=O) groups is 1. The Morgan fingerprint density at radius 1 is 1.38 bits per heavy atom. The minimum Gasteiger partial charge on any atom is -0.465 e. The van der Waals surface area contributed by atoms with Crippen LogP contribution in [-0.2, 0) is 9.53 Å². The fourth-order valence-corrected chi connectivity index (χ4v) is 1.55. The summed E-state index contributed by atoms with van der Waals surface area (Å²) in [4.78, 5) is 11.6. The Labute approximate surface area is 93.7 Å². The van der Waals surface area contributed by atoms with Gasteiger partial charge < -0.3 is 4.74 Å². The van der Waals surface area contributed by atoms with Crippen molar-refractivity contribution in [1.82, 2.24) is 0 Å². The van der Waals surface area contributed by atoms with Gasteiger partial charge in [-0.2, -0.15) is 10.2 Å². The molecule has 1 heterocycles. The number of rotatable bonds is 3. The number of ether oxygens (including phenoxy) is 1. The van der Waals surface area contributed by atoms with Gasteiger partial charge in [-0.25, -0.2) is 0 Å². The van der Waals surface area contributed by atoms with E-state index in [0.717, 1.165) is 5.56 Å². The van der Waals surface area contributed by atoms with Gasteiger partial charge in [0.2, 0.25) is 0 Å². The highest BCUT2D eigenvalue weighted by Gasteiger charge is 2.28. The minimum atomic E-state index is -0.470. The molecule has 0 bridgehead atoms. The molecular weight excluding hydrogens is 204 g/mol. The van der Waals surface area contributed by atoms with Crippen LogP contribution < -0.4 is 0 Å². The second kappa shape index (κ2) is 4.70. The van der Waals surface area contributed by atoms with Crippen LogP contribution >= 0.6 is 0 Å². The monoisotopic (exact) mass is 216 g/mol. The largest absolute Gasteiger partial charge is 0.465 e. The van der Waals surface area contributed by atoms with Crippen LogP contribution in [0.4, 0.5) is 0 Å². The molecule has 0 amide bonds. The maximum Gasteiger partial charge on any atom is 0.320 e. The van der Waals surface area contributed by atoms with Crippen molar-refractivity contribution < 1.29 is 9.53 Å². The maximum atomic E-state index is 11.6. The van der Waals surface area contributed by atoms with Gasteiger partial charge in [0, 0.05) is 6.21 Å². The molecule has 82 valence electrons. The van der Waals surface area contributed by atoms with Crippen LogP contribution in [0, 0.1) is 5.92 Å². The van der Waals surface area contributed by atoms with Crippen LogP contribution in [0.2, 0.25) is 0 Å². The summed E-state index contributed by atoms with van der Waals surface area (Å²) in [6, 6.07) is 9.52. The van der Waals surface area contributed by atoms with E-state index in [1.165, 1.54) is 6.21 Å². The molecule has 1 aromatic rings. The van der Waals surface area contributed by atoms with E-state index in [4.69, 9.17) is 4.74 Å². The van der Waals surface area contributed by atoms with Gasteiger partial charge in [-0.05, 0) is 12.5 Å². The highest BCUT2D eigenvalue weighted by molar-refractivity contribution is 6.22. The highest BCUT2D eigenvalue weighted by Crippen LogP contribution is 2.15. The summed E-state index contributed by atoms with van der Waals surface area (Å²) >= 11 is 0. The molecule has 16 heavy (non-hydrogen) atoms. The van der Waals surface area contributed by atoms with Crippen molar-refractivity contribution in [3.05, 3.63) is 35.9 Å². The Morgan fingerprint density at radius 3 is 2.81 bits per heavy atom. The molecule has 1 aliphatic heterocycles. The van der Waals surface area contributed by atoms with E-state index >= 15 is 0 Å². The zero-order chi connectivity index (χ0) is 11.4. The Kier molecular flexibility index (Phi) is 3.10. The number of hydrogen-bond donors (Lipinski definition) is 0. The van der Waals surface area contributed by atoms with Gasteiger partial charge in [-0.15, -0.1) is 0 Å². The van der Waals surface area contributed by atoms with Crippen LogP contribution in [0.1, 0.15) is 12.5 Å². The topological polar surface area (TPSA) is 51.0 Å². The quantitative estimate of drug-likeness (QED) is 0.721. The summed E-state index contributed by atoms with van der Waals surface area (Å²) in [5, 5.41) is 7.76. The molecule has 0 radical (unpaired) electrons. The molecule has 0 N–H and O–H groups in total. The summed E-state index contributed by atoms with van der Waals surface area (Å²) in [6.07, 6.45) is 1.51. The van der Waals surface area contributed by atoms with Gasteiger partial charge in [0.1, 0.15) is 5.92 Å². The molecule has 4 nitrogen and oxygen atoms in total. The van der Waals surface area contributed by atoms with Gasteiger partial charge in [0.25, 0.3) is 0 Å². The second-order valence-electron chi connectivity index (χ2n) is 3.35. The Balaban J connectivity index is 2.21. The fraction of sp³-hybridized carbons (Fsp3) is 0.250. The summed E-state index contributed by atoms with van der Waals surface area (Å²) < 4.78 is 4.97. The number of esters is 1. The smallest absolute Gasteiger partial charge is 0.320 e. The molecule has 1 aromatic carbocycles. The predicted molar refractivity (Wildman–Crippen MR) is 61.6 cm³/mol. The molecule has 0 unspecified atom stereocenters. The first-order valence-corrected chi connectivity index (χ1v) is 5.16. The van der Waals surface area contributed by atoms with E-state index in [2.05, 4.69) is 10.2 Å². The van der Waals surface area contributed by atoms with Crippen molar-refractivity contribution in [1.29, 1.82) is 0 Å². The van der Waals surface area contributed by atoms with Crippen LogP contribution in [0.5, 0.6) is 0 Å². The average Bonchev–Trinajstić information content (AvgIpc) is 2.79. The third-order valence-corrected chi connectivity index (χ3v) is 2.29. The molecule has 1 atom stereocenters.